The van der Waals surface area contributed by atoms with Gasteiger partial charge in [-0.2, -0.15) is 0 Å². The Labute approximate surface area is 138 Å². The predicted octanol–water partition coefficient (Wildman–Crippen LogP) is -0.972. The van der Waals surface area contributed by atoms with Crippen LogP contribution < -0.4 is 5.73 Å². The molecule has 10 nitrogen and oxygen atoms in total. The van der Waals surface area contributed by atoms with Gasteiger partial charge in [0.1, 0.15) is 18.8 Å². The monoisotopic (exact) mass is 347 g/mol. The molecule has 0 aromatic rings. The van der Waals surface area contributed by atoms with Crippen LogP contribution >= 0.6 is 0 Å². The zero-order valence-electron chi connectivity index (χ0n) is 13.8. The van der Waals surface area contributed by atoms with E-state index in [0.717, 1.165) is 20.8 Å². The molecule has 1 heterocycles. The van der Waals surface area contributed by atoms with Crippen molar-refractivity contribution in [3.8, 4) is 0 Å². The molecule has 0 amide bonds. The van der Waals surface area contributed by atoms with Gasteiger partial charge in [-0.1, -0.05) is 0 Å². The number of carbonyl (C=O) groups excluding carboxylic acids is 4. The first-order valence-corrected chi connectivity index (χ1v) is 7.18. The Morgan fingerprint density at radius 1 is 0.833 bits per heavy atom. The second kappa shape index (κ2) is 8.60. The Morgan fingerprint density at radius 3 is 1.79 bits per heavy atom. The van der Waals surface area contributed by atoms with Gasteiger partial charge in [0, 0.05) is 27.7 Å². The Morgan fingerprint density at radius 2 is 1.33 bits per heavy atom. The Kier molecular flexibility index (Phi) is 7.11. The van der Waals surface area contributed by atoms with Crippen molar-refractivity contribution in [3.05, 3.63) is 0 Å². The van der Waals surface area contributed by atoms with E-state index >= 15 is 0 Å². The largest absolute Gasteiger partial charge is 0.463 e. The van der Waals surface area contributed by atoms with Crippen LogP contribution in [0.3, 0.4) is 0 Å². The fraction of sp³-hybridized carbons (Fsp3) is 0.714. The Bertz CT molecular complexity index is 490. The quantitative estimate of drug-likeness (QED) is 0.487. The van der Waals surface area contributed by atoms with Crippen LogP contribution in [0.5, 0.6) is 0 Å². The molecule has 10 heteroatoms. The van der Waals surface area contributed by atoms with Gasteiger partial charge in [-0.3, -0.25) is 19.2 Å². The second-order valence-electron chi connectivity index (χ2n) is 5.18. The lowest BCUT2D eigenvalue weighted by atomic mass is 9.97. The third-order valence-electron chi connectivity index (χ3n) is 3.03. The summed E-state index contributed by atoms with van der Waals surface area (Å²) in [6, 6.07) is -1.10. The van der Waals surface area contributed by atoms with Crippen molar-refractivity contribution in [1.82, 2.24) is 0 Å². The summed E-state index contributed by atoms with van der Waals surface area (Å²) in [6.45, 7) is 4.32. The molecule has 0 aliphatic carbocycles. The van der Waals surface area contributed by atoms with Crippen LogP contribution in [0.1, 0.15) is 27.7 Å². The third-order valence-corrected chi connectivity index (χ3v) is 3.03. The average Bonchev–Trinajstić information content (AvgIpc) is 2.42. The van der Waals surface area contributed by atoms with Crippen LogP contribution in [-0.4, -0.2) is 61.1 Å². The number of carbonyl (C=O) groups is 4. The molecule has 2 N–H and O–H groups in total. The molecule has 5 atom stereocenters. The highest BCUT2D eigenvalue weighted by molar-refractivity contribution is 5.68. The van der Waals surface area contributed by atoms with Gasteiger partial charge in [-0.25, -0.2) is 0 Å². The summed E-state index contributed by atoms with van der Waals surface area (Å²) < 4.78 is 25.5. The van der Waals surface area contributed by atoms with E-state index in [2.05, 4.69) is 0 Å². The molecular weight excluding hydrogens is 326 g/mol. The number of rotatable bonds is 5. The Balaban J connectivity index is 3.08. The lowest BCUT2D eigenvalue weighted by molar-refractivity contribution is -0.267. The van der Waals surface area contributed by atoms with E-state index in [4.69, 9.17) is 29.4 Å². The standard InChI is InChI=1S/C14H21NO9/c1-6(16)20-5-10-12(21-7(2)17)13(22-8(3)18)11(15)14(24-10)23-9(4)19/h10-14H,5,15H2,1-4H3/t10?,11?,12-,13-,14-/m1/s1. The molecule has 136 valence electrons. The highest BCUT2D eigenvalue weighted by atomic mass is 16.7. The minimum atomic E-state index is -1.26. The van der Waals surface area contributed by atoms with Crippen LogP contribution in [0.4, 0.5) is 0 Å². The molecule has 0 radical (unpaired) electrons. The van der Waals surface area contributed by atoms with Gasteiger partial charge in [0.2, 0.25) is 6.29 Å². The second-order valence-corrected chi connectivity index (χ2v) is 5.18. The topological polar surface area (TPSA) is 140 Å². The van der Waals surface area contributed by atoms with E-state index in [0.29, 0.717) is 0 Å². The first-order valence-electron chi connectivity index (χ1n) is 7.18. The molecule has 1 aliphatic heterocycles. The molecule has 1 saturated heterocycles. The smallest absolute Gasteiger partial charge is 0.304 e. The van der Waals surface area contributed by atoms with Crippen LogP contribution in [0.15, 0.2) is 0 Å². The van der Waals surface area contributed by atoms with Crippen molar-refractivity contribution in [1.29, 1.82) is 0 Å². The highest BCUT2D eigenvalue weighted by Crippen LogP contribution is 2.26. The molecular formula is C14H21NO9. The maximum Gasteiger partial charge on any atom is 0.304 e. The van der Waals surface area contributed by atoms with E-state index < -0.39 is 54.5 Å². The molecule has 0 aromatic carbocycles. The van der Waals surface area contributed by atoms with Crippen LogP contribution in [-0.2, 0) is 42.9 Å². The van der Waals surface area contributed by atoms with Crippen LogP contribution in [0, 0.1) is 0 Å². The molecule has 0 saturated carbocycles. The Hall–Kier alpha value is -2.20. The van der Waals surface area contributed by atoms with Gasteiger partial charge in [0.15, 0.2) is 12.2 Å². The van der Waals surface area contributed by atoms with Gasteiger partial charge in [-0.05, 0) is 0 Å². The minimum absolute atomic E-state index is 0.310. The van der Waals surface area contributed by atoms with E-state index in [1.807, 2.05) is 0 Å². The molecule has 24 heavy (non-hydrogen) atoms. The molecule has 0 spiro atoms. The first-order chi connectivity index (χ1) is 11.1. The number of hydrogen-bond donors (Lipinski definition) is 1. The van der Waals surface area contributed by atoms with Crippen molar-refractivity contribution < 1.29 is 42.9 Å². The lowest BCUT2D eigenvalue weighted by Gasteiger charge is -2.42. The minimum Gasteiger partial charge on any atom is -0.463 e. The summed E-state index contributed by atoms with van der Waals surface area (Å²) >= 11 is 0. The summed E-state index contributed by atoms with van der Waals surface area (Å²) in [4.78, 5) is 44.9. The summed E-state index contributed by atoms with van der Waals surface area (Å²) in [7, 11) is 0. The summed E-state index contributed by atoms with van der Waals surface area (Å²) in [5.74, 6) is -2.62. The third kappa shape index (κ3) is 5.78. The fourth-order valence-electron chi connectivity index (χ4n) is 2.20. The van der Waals surface area contributed by atoms with E-state index in [1.54, 1.807) is 0 Å². The molecule has 0 aromatic heterocycles. The van der Waals surface area contributed by atoms with Crippen molar-refractivity contribution in [2.24, 2.45) is 5.73 Å². The number of esters is 4. The zero-order valence-corrected chi connectivity index (χ0v) is 13.8. The SMILES string of the molecule is CC(=O)OCC1O[C@@H](OC(C)=O)C(N)[C@@H](OC(C)=O)[C@@H]1OC(C)=O. The normalized spacial score (nSPS) is 29.3. The lowest BCUT2D eigenvalue weighted by Crippen LogP contribution is -2.65. The predicted molar refractivity (Wildman–Crippen MR) is 76.1 cm³/mol. The molecule has 1 fully saturated rings. The van der Waals surface area contributed by atoms with Crippen LogP contribution in [0.25, 0.3) is 0 Å². The highest BCUT2D eigenvalue weighted by Gasteiger charge is 2.50. The molecule has 1 aliphatic rings. The van der Waals surface area contributed by atoms with Gasteiger partial charge in [0.05, 0.1) is 0 Å². The average molecular weight is 347 g/mol. The maximum atomic E-state index is 11.3. The first kappa shape index (κ1) is 19.8. The van der Waals surface area contributed by atoms with Crippen molar-refractivity contribution in [2.75, 3.05) is 6.61 Å². The summed E-state index contributed by atoms with van der Waals surface area (Å²) in [5.41, 5.74) is 5.93. The van der Waals surface area contributed by atoms with Crippen molar-refractivity contribution in [3.63, 3.8) is 0 Å². The van der Waals surface area contributed by atoms with E-state index in [1.165, 1.54) is 6.92 Å². The molecule has 2 unspecified atom stereocenters. The fourth-order valence-corrected chi connectivity index (χ4v) is 2.20. The number of nitrogens with two attached hydrogens (primary N) is 1. The van der Waals surface area contributed by atoms with Crippen molar-refractivity contribution >= 4 is 23.9 Å². The molecule has 0 bridgehead atoms. The van der Waals surface area contributed by atoms with Gasteiger partial charge in [-0.15, -0.1) is 0 Å². The molecule has 1 rings (SSSR count). The number of hydrogen-bond acceptors (Lipinski definition) is 10. The van der Waals surface area contributed by atoms with E-state index in [9.17, 15) is 19.2 Å². The summed E-state index contributed by atoms with van der Waals surface area (Å²) in [5, 5.41) is 0. The van der Waals surface area contributed by atoms with Gasteiger partial charge in [0.25, 0.3) is 0 Å². The number of ether oxygens (including phenoxy) is 5. The maximum absolute atomic E-state index is 11.3. The van der Waals surface area contributed by atoms with Gasteiger partial charge < -0.3 is 29.4 Å². The van der Waals surface area contributed by atoms with Gasteiger partial charge >= 0.3 is 23.9 Å². The van der Waals surface area contributed by atoms with E-state index in [-0.39, 0.29) is 6.61 Å². The van der Waals surface area contributed by atoms with Crippen molar-refractivity contribution in [2.45, 2.75) is 58.3 Å². The zero-order chi connectivity index (χ0) is 18.4. The summed E-state index contributed by atoms with van der Waals surface area (Å²) in [6.07, 6.45) is -4.58. The van der Waals surface area contributed by atoms with Crippen LogP contribution in [0.2, 0.25) is 0 Å².